The Morgan fingerprint density at radius 2 is 1.75 bits per heavy atom. The van der Waals surface area contributed by atoms with Gasteiger partial charge in [0, 0.05) is 30.2 Å². The van der Waals surface area contributed by atoms with Crippen molar-refractivity contribution in [3.8, 4) is 0 Å². The van der Waals surface area contributed by atoms with E-state index in [1.165, 1.54) is 10.4 Å². The van der Waals surface area contributed by atoms with Gasteiger partial charge in [-0.2, -0.15) is 0 Å². The maximum atomic E-state index is 13.5. The van der Waals surface area contributed by atoms with Crippen molar-refractivity contribution in [3.05, 3.63) is 88.6 Å². The van der Waals surface area contributed by atoms with E-state index in [4.69, 9.17) is 0 Å². The number of hydrogen-bond donors (Lipinski definition) is 1. The fraction of sp³-hybridized carbons (Fsp3) is 0.308. The topological polar surface area (TPSA) is 52.7 Å². The van der Waals surface area contributed by atoms with Gasteiger partial charge in [0.05, 0.1) is 12.5 Å². The molecule has 1 fully saturated rings. The van der Waals surface area contributed by atoms with Crippen molar-refractivity contribution in [2.24, 2.45) is 5.92 Å². The van der Waals surface area contributed by atoms with Gasteiger partial charge in [0.2, 0.25) is 5.91 Å². The van der Waals surface area contributed by atoms with Crippen LogP contribution in [0.4, 0.5) is 10.5 Å². The van der Waals surface area contributed by atoms with Crippen LogP contribution >= 0.6 is 11.3 Å². The van der Waals surface area contributed by atoms with E-state index >= 15 is 0 Å². The molecule has 6 heteroatoms. The third kappa shape index (κ3) is 5.98. The quantitative estimate of drug-likeness (QED) is 0.537. The highest BCUT2D eigenvalue weighted by atomic mass is 32.1. The molecule has 2 aromatic carbocycles. The van der Waals surface area contributed by atoms with Gasteiger partial charge in [-0.1, -0.05) is 54.6 Å². The van der Waals surface area contributed by atoms with Gasteiger partial charge in [0.1, 0.15) is 0 Å². The van der Waals surface area contributed by atoms with Gasteiger partial charge < -0.3 is 15.1 Å². The summed E-state index contributed by atoms with van der Waals surface area (Å²) in [6.07, 6.45) is 2.48. The van der Waals surface area contributed by atoms with E-state index in [2.05, 4.69) is 23.5 Å². The molecule has 4 rings (SSSR count). The monoisotopic (exact) mass is 447 g/mol. The molecule has 0 spiro atoms. The first-order valence-electron chi connectivity index (χ1n) is 11.1. The lowest BCUT2D eigenvalue weighted by Crippen LogP contribution is -2.48. The first kappa shape index (κ1) is 22.1. The van der Waals surface area contributed by atoms with E-state index in [1.807, 2.05) is 64.9 Å². The molecule has 1 unspecified atom stereocenters. The lowest BCUT2D eigenvalue weighted by Gasteiger charge is -2.35. The van der Waals surface area contributed by atoms with Gasteiger partial charge >= 0.3 is 6.03 Å². The highest BCUT2D eigenvalue weighted by molar-refractivity contribution is 7.09. The largest absolute Gasteiger partial charge is 0.337 e. The van der Waals surface area contributed by atoms with Crippen molar-refractivity contribution >= 4 is 29.0 Å². The Hall–Kier alpha value is -3.12. The van der Waals surface area contributed by atoms with E-state index in [9.17, 15) is 9.59 Å². The number of urea groups is 1. The summed E-state index contributed by atoms with van der Waals surface area (Å²) in [5.41, 5.74) is 2.00. The van der Waals surface area contributed by atoms with Crippen LogP contribution in [0.1, 0.15) is 23.3 Å². The zero-order chi connectivity index (χ0) is 22.2. The minimum absolute atomic E-state index is 0.136. The zero-order valence-corrected chi connectivity index (χ0v) is 19.0. The van der Waals surface area contributed by atoms with Crippen LogP contribution in [0, 0.1) is 5.92 Å². The van der Waals surface area contributed by atoms with Crippen LogP contribution < -0.4 is 5.32 Å². The molecule has 166 valence electrons. The second-order valence-electron chi connectivity index (χ2n) is 8.16. The Labute approximate surface area is 193 Å². The highest BCUT2D eigenvalue weighted by Gasteiger charge is 2.31. The summed E-state index contributed by atoms with van der Waals surface area (Å²) in [4.78, 5) is 31.2. The number of benzene rings is 2. The number of hydrogen-bond acceptors (Lipinski definition) is 3. The Morgan fingerprint density at radius 1 is 1.00 bits per heavy atom. The molecule has 1 saturated heterocycles. The molecule has 0 bridgehead atoms. The summed E-state index contributed by atoms with van der Waals surface area (Å²) in [6.45, 7) is 2.44. The lowest BCUT2D eigenvalue weighted by molar-refractivity contribution is -0.137. The molecule has 1 atom stereocenters. The molecule has 3 amide bonds. The van der Waals surface area contributed by atoms with Gasteiger partial charge in [-0.3, -0.25) is 4.79 Å². The van der Waals surface area contributed by atoms with E-state index in [1.54, 1.807) is 16.2 Å². The molecule has 1 aliphatic heterocycles. The predicted molar refractivity (Wildman–Crippen MR) is 130 cm³/mol. The summed E-state index contributed by atoms with van der Waals surface area (Å²) in [7, 11) is 0. The van der Waals surface area contributed by atoms with Crippen LogP contribution in [0.5, 0.6) is 0 Å². The second kappa shape index (κ2) is 11.0. The number of para-hydroxylation sites is 1. The van der Waals surface area contributed by atoms with Crippen LogP contribution in [0.2, 0.25) is 0 Å². The Bertz CT molecular complexity index is 992. The molecule has 2 heterocycles. The molecular weight excluding hydrogens is 418 g/mol. The van der Waals surface area contributed by atoms with Crippen LogP contribution in [0.25, 0.3) is 0 Å². The minimum atomic E-state index is -0.166. The number of nitrogens with one attached hydrogen (secondary N) is 1. The highest BCUT2D eigenvalue weighted by Crippen LogP contribution is 2.22. The smallest absolute Gasteiger partial charge is 0.321 e. The maximum Gasteiger partial charge on any atom is 0.321 e. The SMILES string of the molecule is O=C(Nc1ccccc1)N1CCCC(C(=O)N(CCc2ccccc2)Cc2cccs2)C1. The van der Waals surface area contributed by atoms with Crippen molar-refractivity contribution in [2.75, 3.05) is 25.0 Å². The van der Waals surface area contributed by atoms with Crippen LogP contribution in [-0.4, -0.2) is 41.4 Å². The third-order valence-electron chi connectivity index (χ3n) is 5.83. The first-order valence-corrected chi connectivity index (χ1v) is 12.0. The molecule has 5 nitrogen and oxygen atoms in total. The van der Waals surface area contributed by atoms with Gasteiger partial charge in [-0.05, 0) is 48.4 Å². The van der Waals surface area contributed by atoms with Crippen molar-refractivity contribution in [2.45, 2.75) is 25.8 Å². The van der Waals surface area contributed by atoms with Gasteiger partial charge in [-0.15, -0.1) is 11.3 Å². The average molecular weight is 448 g/mol. The summed E-state index contributed by atoms with van der Waals surface area (Å²) in [5.74, 6) is -0.0208. The van der Waals surface area contributed by atoms with Gasteiger partial charge in [0.15, 0.2) is 0 Å². The molecule has 3 aromatic rings. The molecule has 1 N–H and O–H groups in total. The Balaban J connectivity index is 1.41. The zero-order valence-electron chi connectivity index (χ0n) is 18.2. The van der Waals surface area contributed by atoms with E-state index < -0.39 is 0 Å². The fourth-order valence-electron chi connectivity index (χ4n) is 4.11. The van der Waals surface area contributed by atoms with Crippen LogP contribution in [0.3, 0.4) is 0 Å². The number of amides is 3. The number of piperidine rings is 1. The number of likely N-dealkylation sites (tertiary alicyclic amines) is 1. The molecule has 0 radical (unpaired) electrons. The van der Waals surface area contributed by atoms with E-state index in [0.717, 1.165) is 24.9 Å². The summed E-state index contributed by atoms with van der Waals surface area (Å²) in [6, 6.07) is 23.7. The van der Waals surface area contributed by atoms with Crippen molar-refractivity contribution < 1.29 is 9.59 Å². The van der Waals surface area contributed by atoms with E-state index in [-0.39, 0.29) is 17.9 Å². The molecule has 32 heavy (non-hydrogen) atoms. The summed E-state index contributed by atoms with van der Waals surface area (Å²) in [5, 5.41) is 4.99. The molecular formula is C26H29N3O2S. The third-order valence-corrected chi connectivity index (χ3v) is 6.70. The predicted octanol–water partition coefficient (Wildman–Crippen LogP) is 5.26. The number of carbonyl (C=O) groups is 2. The van der Waals surface area contributed by atoms with Crippen LogP contribution in [0.15, 0.2) is 78.2 Å². The number of thiophene rings is 1. The van der Waals surface area contributed by atoms with Gasteiger partial charge in [0.25, 0.3) is 0 Å². The molecule has 0 aliphatic carbocycles. The molecule has 0 saturated carbocycles. The van der Waals surface area contributed by atoms with Crippen molar-refractivity contribution in [1.29, 1.82) is 0 Å². The normalized spacial score (nSPS) is 15.9. The lowest BCUT2D eigenvalue weighted by atomic mass is 9.96. The van der Waals surface area contributed by atoms with Crippen molar-refractivity contribution in [3.63, 3.8) is 0 Å². The number of anilines is 1. The number of carbonyl (C=O) groups excluding carboxylic acids is 2. The molecule has 1 aliphatic rings. The number of rotatable bonds is 7. The Kier molecular flexibility index (Phi) is 7.56. The number of nitrogens with zero attached hydrogens (tertiary/aromatic N) is 2. The first-order chi connectivity index (χ1) is 15.7. The van der Waals surface area contributed by atoms with Gasteiger partial charge in [-0.25, -0.2) is 4.79 Å². The van der Waals surface area contributed by atoms with Crippen molar-refractivity contribution in [1.82, 2.24) is 9.80 Å². The maximum absolute atomic E-state index is 13.5. The minimum Gasteiger partial charge on any atom is -0.337 e. The fourth-order valence-corrected chi connectivity index (χ4v) is 4.83. The molecule has 1 aromatic heterocycles. The standard InChI is InChI=1S/C26H29N3O2S/c30-25(22-11-7-16-29(19-22)26(31)27-23-12-5-2-6-13-23)28(20-24-14-8-18-32-24)17-15-21-9-3-1-4-10-21/h1-6,8-10,12-14,18,22H,7,11,15-17,19-20H2,(H,27,31). The van der Waals surface area contributed by atoms with E-state index in [0.29, 0.717) is 26.2 Å². The average Bonchev–Trinajstić information content (AvgIpc) is 3.36. The summed E-state index contributed by atoms with van der Waals surface area (Å²) < 4.78 is 0. The Morgan fingerprint density at radius 3 is 2.47 bits per heavy atom. The second-order valence-corrected chi connectivity index (χ2v) is 9.19. The van der Waals surface area contributed by atoms with Crippen LogP contribution in [-0.2, 0) is 17.8 Å². The summed E-state index contributed by atoms with van der Waals surface area (Å²) >= 11 is 1.68.